The number of hydrogen-bond donors (Lipinski definition) is 1. The minimum absolute atomic E-state index is 0.303. The number of rotatable bonds is 7. The number of carbonyl (C=O) groups is 1. The summed E-state index contributed by atoms with van der Waals surface area (Å²) in [4.78, 5) is 42.8. The lowest BCUT2D eigenvalue weighted by atomic mass is 10.3. The van der Waals surface area contributed by atoms with Crippen LogP contribution in [0.2, 0.25) is 0 Å². The Kier molecular flexibility index (Phi) is 5.87. The molecule has 0 unspecified atom stereocenters. The van der Waals surface area contributed by atoms with Crippen molar-refractivity contribution in [3.8, 4) is 0 Å². The van der Waals surface area contributed by atoms with E-state index in [1.54, 1.807) is 18.5 Å². The Labute approximate surface area is 143 Å². The average Bonchev–Trinajstić information content (AvgIpc) is 2.90. The molecule has 1 atom stereocenters. The van der Waals surface area contributed by atoms with Crippen LogP contribution < -0.4 is 11.2 Å². The van der Waals surface area contributed by atoms with E-state index in [1.165, 1.54) is 16.3 Å². The molecule has 2 heterocycles. The number of carbonyl (C=O) groups excluding carboxylic acids is 1. The standard InChI is InChI=1S/C15H22N4O4S/c1-5-8-19-10-11(18(4)14(22)17-12(10)20)16-15(19)24-9(6-2)13(21)23-7-3/h9H,5-8H2,1-4H3,(H,17,20,22)/t9-/m0/s1. The van der Waals surface area contributed by atoms with E-state index < -0.39 is 16.5 Å². The summed E-state index contributed by atoms with van der Waals surface area (Å²) in [5, 5.41) is 0.131. The molecule has 24 heavy (non-hydrogen) atoms. The smallest absolute Gasteiger partial charge is 0.329 e. The highest BCUT2D eigenvalue weighted by atomic mass is 32.2. The number of aryl methyl sites for hydroxylation is 2. The number of aromatic amines is 1. The first kappa shape index (κ1) is 18.3. The highest BCUT2D eigenvalue weighted by Gasteiger charge is 2.24. The molecule has 0 aromatic carbocycles. The minimum atomic E-state index is -0.511. The molecule has 0 fully saturated rings. The molecule has 2 aromatic heterocycles. The largest absolute Gasteiger partial charge is 0.465 e. The first-order valence-electron chi connectivity index (χ1n) is 7.97. The molecule has 0 saturated heterocycles. The van der Waals surface area contributed by atoms with E-state index >= 15 is 0 Å². The van der Waals surface area contributed by atoms with Gasteiger partial charge >= 0.3 is 11.7 Å². The van der Waals surface area contributed by atoms with Crippen LogP contribution in [0.4, 0.5) is 0 Å². The van der Waals surface area contributed by atoms with Crippen LogP contribution in [-0.2, 0) is 23.1 Å². The topological polar surface area (TPSA) is 99.0 Å². The number of nitrogens with zero attached hydrogens (tertiary/aromatic N) is 3. The van der Waals surface area contributed by atoms with Crippen LogP contribution in [0.15, 0.2) is 14.7 Å². The second-order valence-corrected chi connectivity index (χ2v) is 6.47. The molecule has 0 aliphatic carbocycles. The monoisotopic (exact) mass is 354 g/mol. The molecule has 0 radical (unpaired) electrons. The third-order valence-corrected chi connectivity index (χ3v) is 4.92. The Morgan fingerprint density at radius 3 is 2.62 bits per heavy atom. The first-order chi connectivity index (χ1) is 11.4. The fourth-order valence-corrected chi connectivity index (χ4v) is 3.43. The maximum Gasteiger partial charge on any atom is 0.329 e. The molecule has 9 heteroatoms. The summed E-state index contributed by atoms with van der Waals surface area (Å²) in [7, 11) is 1.56. The summed E-state index contributed by atoms with van der Waals surface area (Å²) in [6.45, 7) is 6.52. The summed E-state index contributed by atoms with van der Waals surface area (Å²) in [5.41, 5.74) is -0.314. The zero-order valence-corrected chi connectivity index (χ0v) is 15.1. The van der Waals surface area contributed by atoms with Gasteiger partial charge in [0.1, 0.15) is 5.25 Å². The number of ether oxygens (including phenoxy) is 1. The fourth-order valence-electron chi connectivity index (χ4n) is 2.40. The second kappa shape index (κ2) is 7.69. The van der Waals surface area contributed by atoms with Crippen LogP contribution in [-0.4, -0.2) is 36.9 Å². The molecule has 0 aliphatic heterocycles. The Balaban J connectivity index is 2.57. The van der Waals surface area contributed by atoms with Crippen molar-refractivity contribution in [3.05, 3.63) is 20.8 Å². The number of aromatic nitrogens is 4. The predicted molar refractivity (Wildman–Crippen MR) is 92.5 cm³/mol. The van der Waals surface area contributed by atoms with Gasteiger partial charge in [0, 0.05) is 13.6 Å². The summed E-state index contributed by atoms with van der Waals surface area (Å²) < 4.78 is 8.16. The molecule has 1 N–H and O–H groups in total. The molecule has 132 valence electrons. The summed E-state index contributed by atoms with van der Waals surface area (Å²) in [5.74, 6) is -0.303. The third kappa shape index (κ3) is 3.40. The molecule has 0 amide bonds. The number of nitrogens with one attached hydrogen (secondary N) is 1. The fraction of sp³-hybridized carbons (Fsp3) is 0.600. The van der Waals surface area contributed by atoms with Gasteiger partial charge in [0.2, 0.25) is 0 Å². The molecule has 8 nitrogen and oxygen atoms in total. The molecular weight excluding hydrogens is 332 g/mol. The lowest BCUT2D eigenvalue weighted by Gasteiger charge is -2.13. The maximum atomic E-state index is 12.2. The minimum Gasteiger partial charge on any atom is -0.465 e. The molecule has 0 spiro atoms. The van der Waals surface area contributed by atoms with Gasteiger partial charge in [-0.25, -0.2) is 9.78 Å². The summed E-state index contributed by atoms with van der Waals surface area (Å²) in [6, 6.07) is 0. The molecule has 0 saturated carbocycles. The zero-order chi connectivity index (χ0) is 17.9. The van der Waals surface area contributed by atoms with Gasteiger partial charge < -0.3 is 9.30 Å². The number of esters is 1. The van der Waals surface area contributed by atoms with Crippen LogP contribution in [0.25, 0.3) is 11.2 Å². The van der Waals surface area contributed by atoms with Crippen LogP contribution in [0, 0.1) is 0 Å². The van der Waals surface area contributed by atoms with Gasteiger partial charge in [0.15, 0.2) is 16.3 Å². The van der Waals surface area contributed by atoms with Crippen molar-refractivity contribution >= 4 is 28.9 Å². The SMILES string of the molecule is CCCn1c(S[C@@H](CC)C(=O)OCC)nc2c1c(=O)[nH]c(=O)n2C. The normalized spacial score (nSPS) is 12.5. The molecule has 0 aliphatic rings. The van der Waals surface area contributed by atoms with Gasteiger partial charge in [-0.15, -0.1) is 0 Å². The van der Waals surface area contributed by atoms with Crippen LogP contribution in [0.5, 0.6) is 0 Å². The van der Waals surface area contributed by atoms with E-state index in [4.69, 9.17) is 4.74 Å². The van der Waals surface area contributed by atoms with Crippen molar-refractivity contribution in [3.63, 3.8) is 0 Å². The lowest BCUT2D eigenvalue weighted by Crippen LogP contribution is -2.29. The second-order valence-electron chi connectivity index (χ2n) is 5.30. The van der Waals surface area contributed by atoms with Crippen LogP contribution in [0.1, 0.15) is 33.6 Å². The number of thioether (sulfide) groups is 1. The number of imidazole rings is 1. The van der Waals surface area contributed by atoms with E-state index in [-0.39, 0.29) is 5.97 Å². The highest BCUT2D eigenvalue weighted by molar-refractivity contribution is 8.00. The van der Waals surface area contributed by atoms with Crippen LogP contribution in [0.3, 0.4) is 0 Å². The van der Waals surface area contributed by atoms with Gasteiger partial charge in [-0.05, 0) is 19.8 Å². The van der Waals surface area contributed by atoms with Crippen molar-refractivity contribution in [1.29, 1.82) is 0 Å². The summed E-state index contributed by atoms with van der Waals surface area (Å²) >= 11 is 1.26. The van der Waals surface area contributed by atoms with Gasteiger partial charge in [-0.3, -0.25) is 19.1 Å². The van der Waals surface area contributed by atoms with Gasteiger partial charge in [-0.1, -0.05) is 25.6 Å². The maximum absolute atomic E-state index is 12.2. The first-order valence-corrected chi connectivity index (χ1v) is 8.85. The number of hydrogen-bond acceptors (Lipinski definition) is 6. The quantitative estimate of drug-likeness (QED) is 0.594. The van der Waals surface area contributed by atoms with Crippen molar-refractivity contribution in [2.24, 2.45) is 7.05 Å². The Morgan fingerprint density at radius 1 is 1.33 bits per heavy atom. The van der Waals surface area contributed by atoms with Crippen LogP contribution >= 0.6 is 11.8 Å². The van der Waals surface area contributed by atoms with Crippen molar-refractivity contribution in [2.75, 3.05) is 6.61 Å². The number of fused-ring (bicyclic) bond motifs is 1. The Hall–Kier alpha value is -2.03. The molecular formula is C15H22N4O4S. The third-order valence-electron chi connectivity index (χ3n) is 3.59. The zero-order valence-electron chi connectivity index (χ0n) is 14.3. The molecule has 2 aromatic rings. The predicted octanol–water partition coefficient (Wildman–Crippen LogP) is 1.27. The lowest BCUT2D eigenvalue weighted by molar-refractivity contribution is -0.142. The summed E-state index contributed by atoms with van der Waals surface area (Å²) in [6.07, 6.45) is 1.37. The van der Waals surface area contributed by atoms with Crippen molar-refractivity contribution in [1.82, 2.24) is 19.1 Å². The van der Waals surface area contributed by atoms with E-state index in [0.29, 0.717) is 35.9 Å². The van der Waals surface area contributed by atoms with Crippen molar-refractivity contribution in [2.45, 2.75) is 50.6 Å². The Morgan fingerprint density at radius 2 is 2.04 bits per heavy atom. The van der Waals surface area contributed by atoms with E-state index in [2.05, 4.69) is 9.97 Å². The van der Waals surface area contributed by atoms with Gasteiger partial charge in [0.25, 0.3) is 5.56 Å². The number of H-pyrrole nitrogens is 1. The van der Waals surface area contributed by atoms with E-state index in [1.807, 2.05) is 13.8 Å². The van der Waals surface area contributed by atoms with Gasteiger partial charge in [-0.2, -0.15) is 0 Å². The van der Waals surface area contributed by atoms with Gasteiger partial charge in [0.05, 0.1) is 6.61 Å². The molecule has 0 bridgehead atoms. The average molecular weight is 354 g/mol. The molecule has 2 rings (SSSR count). The van der Waals surface area contributed by atoms with E-state index in [9.17, 15) is 14.4 Å². The Bertz CT molecular complexity index is 852. The van der Waals surface area contributed by atoms with E-state index in [0.717, 1.165) is 6.42 Å². The van der Waals surface area contributed by atoms with Crippen molar-refractivity contribution < 1.29 is 9.53 Å². The highest BCUT2D eigenvalue weighted by Crippen LogP contribution is 2.28.